The molecular formula is C15H24N2. The van der Waals surface area contributed by atoms with E-state index in [1.54, 1.807) is 0 Å². The molecule has 0 saturated heterocycles. The van der Waals surface area contributed by atoms with Gasteiger partial charge in [-0.1, -0.05) is 42.0 Å². The highest BCUT2D eigenvalue weighted by Crippen LogP contribution is 2.12. The fraction of sp³-hybridized carbons (Fsp3) is 0.467. The lowest BCUT2D eigenvalue weighted by molar-refractivity contribution is 0.347. The third-order valence-electron chi connectivity index (χ3n) is 2.62. The zero-order valence-electron chi connectivity index (χ0n) is 11.4. The average molecular weight is 232 g/mol. The minimum absolute atomic E-state index is 0.391. The molecule has 0 aromatic heterocycles. The van der Waals surface area contributed by atoms with E-state index in [2.05, 4.69) is 74.6 Å². The zero-order chi connectivity index (χ0) is 12.7. The molecule has 2 nitrogen and oxygen atoms in total. The van der Waals surface area contributed by atoms with Crippen LogP contribution in [0.25, 0.3) is 0 Å². The Kier molecular flexibility index (Phi) is 5.95. The van der Waals surface area contributed by atoms with Crippen LogP contribution in [-0.2, 0) is 0 Å². The Bertz CT molecular complexity index is 337. The molecule has 0 saturated carbocycles. The maximum atomic E-state index is 3.58. The molecule has 0 fully saturated rings. The van der Waals surface area contributed by atoms with Gasteiger partial charge < -0.3 is 10.2 Å². The van der Waals surface area contributed by atoms with Crippen molar-refractivity contribution in [2.24, 2.45) is 0 Å². The summed E-state index contributed by atoms with van der Waals surface area (Å²) in [5.41, 5.74) is 2.71. The Morgan fingerprint density at radius 2 is 1.88 bits per heavy atom. The van der Waals surface area contributed by atoms with Gasteiger partial charge in [0.2, 0.25) is 0 Å². The predicted molar refractivity (Wildman–Crippen MR) is 75.2 cm³/mol. The Morgan fingerprint density at radius 3 is 2.41 bits per heavy atom. The van der Waals surface area contributed by atoms with Crippen LogP contribution in [0.1, 0.15) is 25.5 Å². The number of hydrogen-bond donors (Lipinski definition) is 1. The van der Waals surface area contributed by atoms with Gasteiger partial charge in [-0.05, 0) is 33.5 Å². The van der Waals surface area contributed by atoms with Crippen LogP contribution < -0.4 is 5.32 Å². The first-order valence-corrected chi connectivity index (χ1v) is 6.16. The van der Waals surface area contributed by atoms with Crippen molar-refractivity contribution >= 4 is 0 Å². The molecular weight excluding hydrogens is 208 g/mol. The normalized spacial score (nSPS) is 12.5. The van der Waals surface area contributed by atoms with E-state index in [0.29, 0.717) is 6.04 Å². The number of rotatable bonds is 6. The lowest BCUT2D eigenvalue weighted by atomic mass is 10.1. The third kappa shape index (κ3) is 5.66. The third-order valence-corrected chi connectivity index (χ3v) is 2.62. The average Bonchev–Trinajstić information content (AvgIpc) is 2.28. The number of likely N-dealkylation sites (N-methyl/N-ethyl adjacent to an activating group) is 1. The van der Waals surface area contributed by atoms with Crippen LogP contribution in [-0.4, -0.2) is 32.1 Å². The Labute approximate surface area is 105 Å². The van der Waals surface area contributed by atoms with E-state index < -0.39 is 0 Å². The molecule has 1 N–H and O–H groups in total. The minimum atomic E-state index is 0.391. The summed E-state index contributed by atoms with van der Waals surface area (Å²) >= 11 is 0. The van der Waals surface area contributed by atoms with Crippen molar-refractivity contribution in [2.75, 3.05) is 27.2 Å². The minimum Gasteiger partial charge on any atom is -0.308 e. The summed E-state index contributed by atoms with van der Waals surface area (Å²) in [5.74, 6) is 0. The first-order valence-electron chi connectivity index (χ1n) is 6.16. The lowest BCUT2D eigenvalue weighted by Crippen LogP contribution is -2.31. The predicted octanol–water partition coefficient (Wildman–Crippen LogP) is 2.85. The van der Waals surface area contributed by atoms with Crippen LogP contribution in [0.2, 0.25) is 0 Å². The molecule has 0 heterocycles. The maximum absolute atomic E-state index is 3.58. The van der Waals surface area contributed by atoms with Gasteiger partial charge in [-0.3, -0.25) is 0 Å². The molecule has 94 valence electrons. The van der Waals surface area contributed by atoms with Gasteiger partial charge in [0.25, 0.3) is 0 Å². The van der Waals surface area contributed by atoms with E-state index in [4.69, 9.17) is 0 Å². The quantitative estimate of drug-likeness (QED) is 0.759. The van der Waals surface area contributed by atoms with E-state index >= 15 is 0 Å². The van der Waals surface area contributed by atoms with Crippen molar-refractivity contribution in [1.82, 2.24) is 10.2 Å². The van der Waals surface area contributed by atoms with E-state index in [-0.39, 0.29) is 0 Å². The van der Waals surface area contributed by atoms with Gasteiger partial charge in [0.05, 0.1) is 0 Å². The molecule has 0 amide bonds. The topological polar surface area (TPSA) is 15.3 Å². The van der Waals surface area contributed by atoms with Crippen LogP contribution in [0.3, 0.4) is 0 Å². The van der Waals surface area contributed by atoms with Crippen LogP contribution in [0.5, 0.6) is 0 Å². The molecule has 0 aliphatic rings. The van der Waals surface area contributed by atoms with Gasteiger partial charge in [0.1, 0.15) is 0 Å². The first kappa shape index (κ1) is 13.9. The fourth-order valence-corrected chi connectivity index (χ4v) is 1.74. The number of nitrogens with one attached hydrogen (secondary N) is 1. The Balaban J connectivity index is 2.64. The zero-order valence-corrected chi connectivity index (χ0v) is 11.4. The monoisotopic (exact) mass is 232 g/mol. The summed E-state index contributed by atoms with van der Waals surface area (Å²) in [4.78, 5) is 2.22. The summed E-state index contributed by atoms with van der Waals surface area (Å²) in [6, 6.07) is 11.0. The van der Waals surface area contributed by atoms with Crippen molar-refractivity contribution in [1.29, 1.82) is 0 Å². The van der Waals surface area contributed by atoms with Crippen molar-refractivity contribution in [3.05, 3.63) is 47.5 Å². The fourth-order valence-electron chi connectivity index (χ4n) is 1.74. The molecule has 0 spiro atoms. The second-order valence-electron chi connectivity index (χ2n) is 4.92. The summed E-state index contributed by atoms with van der Waals surface area (Å²) in [6.07, 6.45) is 2.23. The van der Waals surface area contributed by atoms with Crippen molar-refractivity contribution in [3.63, 3.8) is 0 Å². The highest BCUT2D eigenvalue weighted by atomic mass is 15.1. The molecule has 0 bridgehead atoms. The second-order valence-corrected chi connectivity index (χ2v) is 4.92. The van der Waals surface area contributed by atoms with Gasteiger partial charge in [-0.2, -0.15) is 0 Å². The van der Waals surface area contributed by atoms with Crippen LogP contribution in [0.4, 0.5) is 0 Å². The Morgan fingerprint density at radius 1 is 1.24 bits per heavy atom. The van der Waals surface area contributed by atoms with Gasteiger partial charge >= 0.3 is 0 Å². The van der Waals surface area contributed by atoms with Crippen LogP contribution in [0.15, 0.2) is 42.0 Å². The van der Waals surface area contributed by atoms with E-state index in [1.807, 2.05) is 0 Å². The highest BCUT2D eigenvalue weighted by molar-refractivity contribution is 5.19. The van der Waals surface area contributed by atoms with Gasteiger partial charge in [0, 0.05) is 19.1 Å². The standard InChI is InChI=1S/C15H24N2/c1-13(2)10-11-16-15(12-17(3)4)14-8-6-5-7-9-14/h5-10,15-16H,11-12H2,1-4H3. The highest BCUT2D eigenvalue weighted by Gasteiger charge is 2.10. The lowest BCUT2D eigenvalue weighted by Gasteiger charge is -2.22. The summed E-state index contributed by atoms with van der Waals surface area (Å²) < 4.78 is 0. The molecule has 0 aliphatic heterocycles. The largest absolute Gasteiger partial charge is 0.308 e. The maximum Gasteiger partial charge on any atom is 0.0451 e. The molecule has 0 radical (unpaired) electrons. The van der Waals surface area contributed by atoms with Crippen molar-refractivity contribution in [3.8, 4) is 0 Å². The molecule has 0 aliphatic carbocycles. The first-order chi connectivity index (χ1) is 8.09. The number of nitrogens with zero attached hydrogens (tertiary/aromatic N) is 1. The van der Waals surface area contributed by atoms with E-state index in [1.165, 1.54) is 11.1 Å². The van der Waals surface area contributed by atoms with Gasteiger partial charge in [-0.15, -0.1) is 0 Å². The second kappa shape index (κ2) is 7.25. The van der Waals surface area contributed by atoms with Crippen LogP contribution in [0, 0.1) is 0 Å². The Hall–Kier alpha value is -1.12. The van der Waals surface area contributed by atoms with Crippen molar-refractivity contribution in [2.45, 2.75) is 19.9 Å². The molecule has 1 aromatic rings. The number of allylic oxidation sites excluding steroid dienone is 1. The van der Waals surface area contributed by atoms with Gasteiger partial charge in [-0.25, -0.2) is 0 Å². The number of benzene rings is 1. The van der Waals surface area contributed by atoms with Crippen molar-refractivity contribution < 1.29 is 0 Å². The number of hydrogen-bond acceptors (Lipinski definition) is 2. The van der Waals surface area contributed by atoms with Gasteiger partial charge in [0.15, 0.2) is 0 Å². The summed E-state index contributed by atoms with van der Waals surface area (Å²) in [7, 11) is 4.22. The summed E-state index contributed by atoms with van der Waals surface area (Å²) in [5, 5.41) is 3.58. The SMILES string of the molecule is CC(C)=CCNC(CN(C)C)c1ccccc1. The molecule has 2 heteroatoms. The molecule has 1 rings (SSSR count). The molecule has 1 unspecified atom stereocenters. The van der Waals surface area contributed by atoms with E-state index in [9.17, 15) is 0 Å². The smallest absolute Gasteiger partial charge is 0.0451 e. The molecule has 1 aromatic carbocycles. The summed E-state index contributed by atoms with van der Waals surface area (Å²) in [6.45, 7) is 6.20. The van der Waals surface area contributed by atoms with E-state index in [0.717, 1.165) is 13.1 Å². The van der Waals surface area contributed by atoms with Crippen LogP contribution >= 0.6 is 0 Å². The molecule has 1 atom stereocenters. The molecule has 17 heavy (non-hydrogen) atoms.